The van der Waals surface area contributed by atoms with Crippen LogP contribution in [-0.4, -0.2) is 102 Å². The van der Waals surface area contributed by atoms with E-state index in [-0.39, 0.29) is 41.4 Å². The number of esters is 1. The quantitative estimate of drug-likeness (QED) is 0.276. The first-order valence-corrected chi connectivity index (χ1v) is 16.7. The molecule has 2 saturated carbocycles. The number of nitrogens with one attached hydrogen (secondary N) is 1. The number of hydrogen-bond donors (Lipinski definition) is 1. The summed E-state index contributed by atoms with van der Waals surface area (Å²) in [5.74, 6) is 1.11. The maximum atomic E-state index is 13.8. The summed E-state index contributed by atoms with van der Waals surface area (Å²) in [5, 5.41) is 3.01. The molecule has 4 fully saturated rings. The lowest BCUT2D eigenvalue weighted by Gasteiger charge is -2.36. The third-order valence-electron chi connectivity index (χ3n) is 9.50. The van der Waals surface area contributed by atoms with Crippen molar-refractivity contribution in [2.45, 2.75) is 52.0 Å². The highest BCUT2D eigenvalue weighted by molar-refractivity contribution is 5.97. The normalized spacial score (nSPS) is 22.6. The first kappa shape index (κ1) is 31.7. The van der Waals surface area contributed by atoms with Crippen molar-refractivity contribution in [2.75, 3.05) is 57.4 Å². The molecule has 2 aromatic rings. The molecule has 246 valence electrons. The second-order valence-corrected chi connectivity index (χ2v) is 12.8. The van der Waals surface area contributed by atoms with Crippen LogP contribution in [0.3, 0.4) is 0 Å². The van der Waals surface area contributed by atoms with E-state index in [0.29, 0.717) is 76.5 Å². The number of carbonyl (C=O) groups excluding carboxylic acids is 4. The van der Waals surface area contributed by atoms with E-state index in [1.54, 1.807) is 15.9 Å². The summed E-state index contributed by atoms with van der Waals surface area (Å²) >= 11 is 0. The van der Waals surface area contributed by atoms with E-state index in [1.165, 1.54) is 0 Å². The zero-order valence-electron chi connectivity index (χ0n) is 26.7. The Labute approximate surface area is 269 Å². The molecule has 2 aliphatic carbocycles. The number of carbonyl (C=O) groups is 4. The summed E-state index contributed by atoms with van der Waals surface area (Å²) in [7, 11) is 0. The molecule has 0 spiro atoms. The number of rotatable bonds is 12. The van der Waals surface area contributed by atoms with E-state index in [4.69, 9.17) is 14.5 Å². The summed E-state index contributed by atoms with van der Waals surface area (Å²) in [4.78, 5) is 67.2. The van der Waals surface area contributed by atoms with Gasteiger partial charge >= 0.3 is 12.1 Å². The number of hydrogen-bond acceptors (Lipinski definition) is 9. The molecular weight excluding hydrogens is 588 g/mol. The largest absolute Gasteiger partial charge is 0.466 e. The van der Waals surface area contributed by atoms with Crippen molar-refractivity contribution in [3.05, 3.63) is 42.1 Å². The minimum Gasteiger partial charge on any atom is -0.466 e. The van der Waals surface area contributed by atoms with Gasteiger partial charge in [0.15, 0.2) is 5.82 Å². The van der Waals surface area contributed by atoms with E-state index in [0.717, 1.165) is 31.2 Å². The van der Waals surface area contributed by atoms with E-state index in [9.17, 15) is 19.2 Å². The SMILES string of the molecule is CCCCOC(=O)N1CCN(C(=O)[C@H](CC2CC2)NC(=O)c2cc(N3C[C@@H]4C(C(=O)OCC)[C@@H]4C3)nc(-c3ccccc3)n2)CC1. The summed E-state index contributed by atoms with van der Waals surface area (Å²) < 4.78 is 10.6. The Morgan fingerprint density at radius 3 is 2.28 bits per heavy atom. The van der Waals surface area contributed by atoms with Crippen LogP contribution in [0.15, 0.2) is 36.4 Å². The van der Waals surface area contributed by atoms with E-state index in [1.807, 2.05) is 44.2 Å². The third-order valence-corrected chi connectivity index (χ3v) is 9.50. The number of anilines is 1. The molecule has 4 aliphatic rings. The lowest BCUT2D eigenvalue weighted by molar-refractivity contribution is -0.145. The van der Waals surface area contributed by atoms with Crippen LogP contribution in [0.1, 0.15) is 56.4 Å². The van der Waals surface area contributed by atoms with Crippen molar-refractivity contribution in [3.63, 3.8) is 0 Å². The van der Waals surface area contributed by atoms with Crippen LogP contribution in [0.2, 0.25) is 0 Å². The van der Waals surface area contributed by atoms with Crippen molar-refractivity contribution >= 4 is 29.7 Å². The maximum Gasteiger partial charge on any atom is 0.409 e. The van der Waals surface area contributed by atoms with Gasteiger partial charge in [-0.2, -0.15) is 0 Å². The van der Waals surface area contributed by atoms with Gasteiger partial charge in [-0.15, -0.1) is 0 Å². The van der Waals surface area contributed by atoms with Gasteiger partial charge in [0.1, 0.15) is 17.6 Å². The summed E-state index contributed by atoms with van der Waals surface area (Å²) in [6.45, 7) is 7.50. The topological polar surface area (TPSA) is 134 Å². The van der Waals surface area contributed by atoms with E-state index >= 15 is 0 Å². The third kappa shape index (κ3) is 7.26. The van der Waals surface area contributed by atoms with Crippen LogP contribution < -0.4 is 10.2 Å². The number of nitrogens with zero attached hydrogens (tertiary/aromatic N) is 5. The van der Waals surface area contributed by atoms with Crippen molar-refractivity contribution in [1.82, 2.24) is 25.1 Å². The molecule has 1 aromatic carbocycles. The van der Waals surface area contributed by atoms with Gasteiger partial charge in [-0.1, -0.05) is 56.5 Å². The minimum atomic E-state index is -0.689. The highest BCUT2D eigenvalue weighted by atomic mass is 16.6. The van der Waals surface area contributed by atoms with Gasteiger partial charge in [0.25, 0.3) is 5.91 Å². The van der Waals surface area contributed by atoms with Crippen LogP contribution in [-0.2, 0) is 19.1 Å². The van der Waals surface area contributed by atoms with Gasteiger partial charge in [0.2, 0.25) is 5.91 Å². The lowest BCUT2D eigenvalue weighted by Crippen LogP contribution is -2.56. The number of benzene rings is 1. The van der Waals surface area contributed by atoms with E-state index < -0.39 is 11.9 Å². The molecule has 12 heteroatoms. The monoisotopic (exact) mass is 632 g/mol. The average Bonchev–Trinajstić information content (AvgIpc) is 4.00. The molecule has 0 bridgehead atoms. The lowest BCUT2D eigenvalue weighted by atomic mass is 10.1. The fourth-order valence-corrected chi connectivity index (χ4v) is 6.60. The molecule has 2 aliphatic heterocycles. The molecule has 3 heterocycles. The summed E-state index contributed by atoms with van der Waals surface area (Å²) in [6, 6.07) is 10.5. The van der Waals surface area contributed by atoms with Gasteiger partial charge in [0, 0.05) is 50.9 Å². The zero-order valence-corrected chi connectivity index (χ0v) is 26.7. The Morgan fingerprint density at radius 2 is 1.63 bits per heavy atom. The predicted octanol–water partition coefficient (Wildman–Crippen LogP) is 3.37. The number of piperidine rings is 1. The Morgan fingerprint density at radius 1 is 0.935 bits per heavy atom. The maximum absolute atomic E-state index is 13.8. The molecule has 6 rings (SSSR count). The van der Waals surface area contributed by atoms with Gasteiger partial charge in [-0.3, -0.25) is 14.4 Å². The molecule has 1 unspecified atom stereocenters. The standard InChI is InChI=1S/C34H44N6O6/c1-3-5-17-46-34(44)39-15-13-38(14-16-39)32(42)27(18-22-11-12-22)36-31(41)26-19-28(37-30(35-26)23-9-7-6-8-10-23)40-20-24-25(21-40)29(24)33(43)45-4-2/h6-10,19,22,24-25,27,29H,3-5,11-18,20-21H2,1-2H3,(H,36,41)/t24-,25+,27-,29?/m0/s1. The van der Waals surface area contributed by atoms with Crippen LogP contribution in [0.4, 0.5) is 10.6 Å². The Balaban J connectivity index is 1.15. The van der Waals surface area contributed by atoms with Crippen molar-refractivity contribution in [2.24, 2.45) is 23.7 Å². The molecule has 3 amide bonds. The van der Waals surface area contributed by atoms with Gasteiger partial charge in [-0.25, -0.2) is 14.8 Å². The first-order valence-electron chi connectivity index (χ1n) is 16.7. The van der Waals surface area contributed by atoms with Crippen LogP contribution >= 0.6 is 0 Å². The van der Waals surface area contributed by atoms with Crippen molar-refractivity contribution in [3.8, 4) is 11.4 Å². The number of unbranched alkanes of at least 4 members (excludes halogenated alkanes) is 1. The second kappa shape index (κ2) is 14.0. The van der Waals surface area contributed by atoms with Crippen molar-refractivity contribution < 1.29 is 28.7 Å². The van der Waals surface area contributed by atoms with Crippen LogP contribution in [0.25, 0.3) is 11.4 Å². The van der Waals surface area contributed by atoms with Gasteiger partial charge < -0.3 is 29.5 Å². The first-order chi connectivity index (χ1) is 22.4. The number of fused-ring (bicyclic) bond motifs is 1. The molecule has 1 aromatic heterocycles. The molecular formula is C34H44N6O6. The Bertz CT molecular complexity index is 1410. The van der Waals surface area contributed by atoms with Crippen molar-refractivity contribution in [1.29, 1.82) is 0 Å². The zero-order chi connectivity index (χ0) is 32.2. The smallest absolute Gasteiger partial charge is 0.409 e. The molecule has 2 saturated heterocycles. The highest BCUT2D eigenvalue weighted by Gasteiger charge is 2.60. The fraction of sp³-hybridized carbons (Fsp3) is 0.588. The Kier molecular flexibility index (Phi) is 9.70. The number of ether oxygens (including phenoxy) is 2. The molecule has 0 radical (unpaired) electrons. The molecule has 46 heavy (non-hydrogen) atoms. The van der Waals surface area contributed by atoms with Gasteiger partial charge in [-0.05, 0) is 37.5 Å². The Hall–Kier alpha value is -4.22. The second-order valence-electron chi connectivity index (χ2n) is 12.8. The summed E-state index contributed by atoms with van der Waals surface area (Å²) in [5.41, 5.74) is 0.975. The molecule has 4 atom stereocenters. The molecule has 12 nitrogen and oxygen atoms in total. The van der Waals surface area contributed by atoms with E-state index in [2.05, 4.69) is 15.2 Å². The predicted molar refractivity (Wildman–Crippen MR) is 170 cm³/mol. The van der Waals surface area contributed by atoms with Crippen LogP contribution in [0, 0.1) is 23.7 Å². The minimum absolute atomic E-state index is 0.0721. The average molecular weight is 633 g/mol. The number of piperazine rings is 1. The van der Waals surface area contributed by atoms with Crippen LogP contribution in [0.5, 0.6) is 0 Å². The number of amides is 3. The number of aromatic nitrogens is 2. The summed E-state index contributed by atoms with van der Waals surface area (Å²) in [6.07, 6.45) is 4.07. The molecule has 1 N–H and O–H groups in total. The highest BCUT2D eigenvalue weighted by Crippen LogP contribution is 2.53. The fourth-order valence-electron chi connectivity index (χ4n) is 6.60. The van der Waals surface area contributed by atoms with Gasteiger partial charge in [0.05, 0.1) is 19.1 Å².